The van der Waals surface area contributed by atoms with Gasteiger partial charge < -0.3 is 0 Å². The topological polar surface area (TPSA) is 105 Å². The van der Waals surface area contributed by atoms with Crippen molar-refractivity contribution < 1.29 is 14.4 Å². The van der Waals surface area contributed by atoms with Crippen molar-refractivity contribution in [3.8, 4) is 0 Å². The molecule has 0 radical (unpaired) electrons. The van der Waals surface area contributed by atoms with E-state index in [0.29, 0.717) is 10.7 Å². The number of amides is 3. The summed E-state index contributed by atoms with van der Waals surface area (Å²) >= 11 is 0. The van der Waals surface area contributed by atoms with Crippen LogP contribution < -0.4 is 16.7 Å². The highest BCUT2D eigenvalue weighted by Crippen LogP contribution is 2.27. The Bertz CT molecular complexity index is 526. The summed E-state index contributed by atoms with van der Waals surface area (Å²) in [5, 5.41) is 0.545. The quantitative estimate of drug-likeness (QED) is 0.280. The molecule has 3 amide bonds. The van der Waals surface area contributed by atoms with Crippen LogP contribution in [-0.2, 0) is 4.79 Å². The molecular weight excluding hydrogens is 224 g/mol. The highest BCUT2D eigenvalue weighted by molar-refractivity contribution is 6.23. The first-order valence-corrected chi connectivity index (χ1v) is 4.81. The zero-order valence-corrected chi connectivity index (χ0v) is 8.98. The predicted molar refractivity (Wildman–Crippen MR) is 58.6 cm³/mol. The second-order valence-electron chi connectivity index (χ2n) is 3.51. The summed E-state index contributed by atoms with van der Waals surface area (Å²) in [6.07, 6.45) is 0. The van der Waals surface area contributed by atoms with Crippen molar-refractivity contribution in [3.05, 3.63) is 29.3 Å². The van der Waals surface area contributed by atoms with Crippen molar-refractivity contribution in [1.82, 2.24) is 10.4 Å². The van der Waals surface area contributed by atoms with Gasteiger partial charge in [0, 0.05) is 6.92 Å². The van der Waals surface area contributed by atoms with Gasteiger partial charge in [0.2, 0.25) is 5.91 Å². The molecule has 7 heteroatoms. The van der Waals surface area contributed by atoms with E-state index >= 15 is 0 Å². The summed E-state index contributed by atoms with van der Waals surface area (Å²) in [6.45, 7) is 1.32. The van der Waals surface area contributed by atoms with E-state index in [1.54, 1.807) is 12.1 Å². The number of hydrogen-bond donors (Lipinski definition) is 3. The lowest BCUT2D eigenvalue weighted by Gasteiger charge is -2.09. The molecule has 0 bridgehead atoms. The first kappa shape index (κ1) is 11.1. The third kappa shape index (κ3) is 1.72. The smallest absolute Gasteiger partial charge is 0.278 e. The number of fused-ring (bicyclic) bond motifs is 1. The van der Waals surface area contributed by atoms with Crippen LogP contribution in [0.1, 0.15) is 27.6 Å². The predicted octanol–water partition coefficient (Wildman–Crippen LogP) is -0.381. The SMILES string of the molecule is CC(=O)NNc1cccc2c1C(=O)N(N)C2=O. The molecule has 1 aromatic rings. The lowest BCUT2D eigenvalue weighted by atomic mass is 10.1. The Hall–Kier alpha value is -2.41. The van der Waals surface area contributed by atoms with Gasteiger partial charge >= 0.3 is 0 Å². The number of benzene rings is 1. The molecule has 0 atom stereocenters. The van der Waals surface area contributed by atoms with Gasteiger partial charge in [0.15, 0.2) is 0 Å². The first-order chi connectivity index (χ1) is 8.02. The highest BCUT2D eigenvalue weighted by atomic mass is 16.2. The number of carbonyl (C=O) groups is 3. The standard InChI is InChI=1S/C10H10N4O3/c1-5(15)12-13-7-4-2-3-6-8(7)10(17)14(11)9(6)16/h2-4,13H,11H2,1H3,(H,12,15). The number of carbonyl (C=O) groups excluding carboxylic acids is 3. The van der Waals surface area contributed by atoms with Crippen LogP contribution in [0.15, 0.2) is 18.2 Å². The van der Waals surface area contributed by atoms with Gasteiger partial charge in [0.1, 0.15) is 0 Å². The summed E-state index contributed by atoms with van der Waals surface area (Å²) in [6, 6.07) is 4.66. The largest absolute Gasteiger partial charge is 0.298 e. The Labute approximate surface area is 96.5 Å². The van der Waals surface area contributed by atoms with E-state index in [0.717, 1.165) is 0 Å². The monoisotopic (exact) mass is 234 g/mol. The van der Waals surface area contributed by atoms with Crippen molar-refractivity contribution in [2.75, 3.05) is 5.43 Å². The molecule has 0 aliphatic carbocycles. The Balaban J connectivity index is 2.41. The fourth-order valence-electron chi connectivity index (χ4n) is 1.56. The van der Waals surface area contributed by atoms with E-state index < -0.39 is 11.8 Å². The van der Waals surface area contributed by atoms with Crippen molar-refractivity contribution >= 4 is 23.4 Å². The van der Waals surface area contributed by atoms with Gasteiger partial charge in [0.05, 0.1) is 16.8 Å². The highest BCUT2D eigenvalue weighted by Gasteiger charge is 2.35. The molecule has 1 heterocycles. The molecule has 88 valence electrons. The molecule has 0 saturated carbocycles. The van der Waals surface area contributed by atoms with Gasteiger partial charge in [0.25, 0.3) is 11.8 Å². The van der Waals surface area contributed by atoms with Crippen LogP contribution in [0, 0.1) is 0 Å². The molecule has 1 aliphatic rings. The number of imide groups is 1. The van der Waals surface area contributed by atoms with Gasteiger partial charge in [-0.1, -0.05) is 6.07 Å². The molecule has 0 aromatic heterocycles. The molecule has 0 unspecified atom stereocenters. The third-order valence-electron chi connectivity index (χ3n) is 2.32. The van der Waals surface area contributed by atoms with Gasteiger partial charge in [-0.15, -0.1) is 0 Å². The van der Waals surface area contributed by atoms with Crippen molar-refractivity contribution in [1.29, 1.82) is 0 Å². The second kappa shape index (κ2) is 3.87. The molecule has 0 fully saturated rings. The molecule has 4 N–H and O–H groups in total. The fraction of sp³-hybridized carbons (Fsp3) is 0.100. The number of hydrogen-bond acceptors (Lipinski definition) is 5. The van der Waals surface area contributed by atoms with Crippen LogP contribution in [0.4, 0.5) is 5.69 Å². The Morgan fingerprint density at radius 3 is 2.65 bits per heavy atom. The van der Waals surface area contributed by atoms with Gasteiger partial charge in [-0.3, -0.25) is 25.2 Å². The van der Waals surface area contributed by atoms with E-state index in [2.05, 4.69) is 10.9 Å². The van der Waals surface area contributed by atoms with E-state index in [1.165, 1.54) is 13.0 Å². The maximum atomic E-state index is 11.7. The van der Waals surface area contributed by atoms with Gasteiger partial charge in [-0.05, 0) is 12.1 Å². The summed E-state index contributed by atoms with van der Waals surface area (Å²) < 4.78 is 0. The zero-order valence-electron chi connectivity index (χ0n) is 8.98. The number of anilines is 1. The Morgan fingerprint density at radius 1 is 1.29 bits per heavy atom. The maximum Gasteiger partial charge on any atom is 0.278 e. The fourth-order valence-corrected chi connectivity index (χ4v) is 1.56. The Morgan fingerprint density at radius 2 is 2.00 bits per heavy atom. The summed E-state index contributed by atoms with van der Waals surface area (Å²) in [5.74, 6) is 3.84. The minimum Gasteiger partial charge on any atom is -0.298 e. The molecule has 7 nitrogen and oxygen atoms in total. The molecular formula is C10H10N4O3. The second-order valence-corrected chi connectivity index (χ2v) is 3.51. The van der Waals surface area contributed by atoms with Crippen molar-refractivity contribution in [2.24, 2.45) is 5.84 Å². The molecule has 0 spiro atoms. The van der Waals surface area contributed by atoms with E-state index in [4.69, 9.17) is 5.84 Å². The molecule has 1 aliphatic heterocycles. The number of rotatable bonds is 2. The third-order valence-corrected chi connectivity index (χ3v) is 2.32. The van der Waals surface area contributed by atoms with Gasteiger partial charge in [-0.25, -0.2) is 10.9 Å². The molecule has 2 rings (SSSR count). The minimum absolute atomic E-state index is 0.161. The maximum absolute atomic E-state index is 11.7. The molecule has 17 heavy (non-hydrogen) atoms. The van der Waals surface area contributed by atoms with E-state index in [-0.39, 0.29) is 17.0 Å². The first-order valence-electron chi connectivity index (χ1n) is 4.81. The number of nitrogens with two attached hydrogens (primary N) is 1. The van der Waals surface area contributed by atoms with Crippen molar-refractivity contribution in [2.45, 2.75) is 6.92 Å². The number of hydrazine groups is 2. The van der Waals surface area contributed by atoms with E-state index in [9.17, 15) is 14.4 Å². The average Bonchev–Trinajstić information content (AvgIpc) is 2.52. The summed E-state index contributed by atoms with van der Waals surface area (Å²) in [4.78, 5) is 34.0. The summed E-state index contributed by atoms with van der Waals surface area (Å²) in [5.41, 5.74) is 5.60. The van der Waals surface area contributed by atoms with Crippen LogP contribution in [0.25, 0.3) is 0 Å². The van der Waals surface area contributed by atoms with Crippen LogP contribution in [0.2, 0.25) is 0 Å². The van der Waals surface area contributed by atoms with E-state index in [1.807, 2.05) is 0 Å². The molecule has 1 aromatic carbocycles. The summed E-state index contributed by atoms with van der Waals surface area (Å²) in [7, 11) is 0. The lowest BCUT2D eigenvalue weighted by Crippen LogP contribution is -2.36. The van der Waals surface area contributed by atoms with Gasteiger partial charge in [-0.2, -0.15) is 0 Å². The Kier molecular flexibility index (Phi) is 2.52. The number of nitrogens with zero attached hydrogens (tertiary/aromatic N) is 1. The average molecular weight is 234 g/mol. The van der Waals surface area contributed by atoms with Crippen LogP contribution >= 0.6 is 0 Å². The lowest BCUT2D eigenvalue weighted by molar-refractivity contribution is -0.118. The number of nitrogens with one attached hydrogen (secondary N) is 2. The van der Waals surface area contributed by atoms with Crippen LogP contribution in [0.5, 0.6) is 0 Å². The zero-order chi connectivity index (χ0) is 12.6. The molecule has 0 saturated heterocycles. The minimum atomic E-state index is -0.599. The van der Waals surface area contributed by atoms with Crippen LogP contribution in [0.3, 0.4) is 0 Å². The van der Waals surface area contributed by atoms with Crippen LogP contribution in [-0.4, -0.2) is 22.7 Å². The van der Waals surface area contributed by atoms with Crippen molar-refractivity contribution in [3.63, 3.8) is 0 Å². The normalized spacial score (nSPS) is 13.6.